The van der Waals surface area contributed by atoms with Gasteiger partial charge >= 0.3 is 39.5 Å². The van der Waals surface area contributed by atoms with Gasteiger partial charge in [0.15, 0.2) is 12.2 Å². The number of ether oxygens (including phenoxy) is 4. The molecule has 0 aliphatic rings. The molecule has 19 heteroatoms. The van der Waals surface area contributed by atoms with Crippen LogP contribution in [0, 0.1) is 23.7 Å². The van der Waals surface area contributed by atoms with E-state index in [2.05, 4.69) is 55.4 Å². The molecule has 3 unspecified atom stereocenters. The highest BCUT2D eigenvalue weighted by Gasteiger charge is 2.30. The highest BCUT2D eigenvalue weighted by atomic mass is 31.2. The minimum Gasteiger partial charge on any atom is -0.462 e. The monoisotopic (exact) mass is 1320 g/mol. The van der Waals surface area contributed by atoms with Crippen LogP contribution in [0.1, 0.15) is 351 Å². The highest BCUT2D eigenvalue weighted by molar-refractivity contribution is 7.47. The van der Waals surface area contributed by atoms with Gasteiger partial charge in [0.2, 0.25) is 0 Å². The largest absolute Gasteiger partial charge is 0.472 e. The maximum Gasteiger partial charge on any atom is 0.472 e. The summed E-state index contributed by atoms with van der Waals surface area (Å²) in [6.45, 7) is 14.0. The van der Waals surface area contributed by atoms with E-state index in [1.165, 1.54) is 141 Å². The molecule has 3 N–H and O–H groups in total. The van der Waals surface area contributed by atoms with Gasteiger partial charge in [-0.05, 0) is 49.4 Å². The van der Waals surface area contributed by atoms with Crippen molar-refractivity contribution in [1.82, 2.24) is 0 Å². The van der Waals surface area contributed by atoms with Gasteiger partial charge in [0, 0.05) is 25.7 Å². The first-order valence-corrected chi connectivity index (χ1v) is 39.7. The first-order chi connectivity index (χ1) is 43.1. The average Bonchev–Trinajstić information content (AvgIpc) is 3.68. The summed E-state index contributed by atoms with van der Waals surface area (Å²) < 4.78 is 68.3. The number of rotatable bonds is 68. The summed E-state index contributed by atoms with van der Waals surface area (Å²) in [6.07, 6.45) is 43.3. The van der Waals surface area contributed by atoms with Gasteiger partial charge in [0.05, 0.1) is 26.4 Å². The van der Waals surface area contributed by atoms with Gasteiger partial charge in [-0.25, -0.2) is 9.13 Å². The minimum atomic E-state index is -4.95. The second kappa shape index (κ2) is 60.7. The molecule has 0 aromatic heterocycles. The van der Waals surface area contributed by atoms with E-state index >= 15 is 0 Å². The number of carbonyl (C=O) groups is 4. The first kappa shape index (κ1) is 88.1. The fourth-order valence-electron chi connectivity index (χ4n) is 10.7. The molecular weight excluding hydrogens is 1190 g/mol. The second-order valence-electron chi connectivity index (χ2n) is 27.5. The van der Waals surface area contributed by atoms with Crippen molar-refractivity contribution >= 4 is 39.5 Å². The predicted molar refractivity (Wildman–Crippen MR) is 363 cm³/mol. The predicted octanol–water partition coefficient (Wildman–Crippen LogP) is 20.1. The van der Waals surface area contributed by atoms with Gasteiger partial charge in [-0.1, -0.05) is 299 Å². The topological polar surface area (TPSA) is 237 Å². The van der Waals surface area contributed by atoms with Crippen LogP contribution in [0.15, 0.2) is 0 Å². The normalized spacial score (nSPS) is 14.3. The summed E-state index contributed by atoms with van der Waals surface area (Å²) in [4.78, 5) is 72.5. The van der Waals surface area contributed by atoms with E-state index in [1.807, 2.05) is 0 Å². The molecule has 0 amide bonds. The van der Waals surface area contributed by atoms with Gasteiger partial charge in [0.25, 0.3) is 0 Å². The molecule has 90 heavy (non-hydrogen) atoms. The zero-order valence-electron chi connectivity index (χ0n) is 58.8. The zero-order valence-corrected chi connectivity index (χ0v) is 60.6. The smallest absolute Gasteiger partial charge is 0.462 e. The highest BCUT2D eigenvalue weighted by Crippen LogP contribution is 2.45. The fraction of sp³-hybridized carbons (Fsp3) is 0.944. The van der Waals surface area contributed by atoms with Crippen molar-refractivity contribution in [2.24, 2.45) is 23.7 Å². The molecule has 534 valence electrons. The quantitative estimate of drug-likeness (QED) is 0.0222. The van der Waals surface area contributed by atoms with Crippen molar-refractivity contribution < 1.29 is 80.2 Å². The molecule has 0 aliphatic carbocycles. The van der Waals surface area contributed by atoms with Crippen molar-refractivity contribution in [3.8, 4) is 0 Å². The summed E-state index contributed by atoms with van der Waals surface area (Å²) in [5.41, 5.74) is 0. The number of carbonyl (C=O) groups excluding carboxylic acids is 4. The Morgan fingerprint density at radius 2 is 0.467 bits per heavy atom. The molecule has 0 aromatic carbocycles. The molecule has 0 radical (unpaired) electrons. The average molecular weight is 1330 g/mol. The summed E-state index contributed by atoms with van der Waals surface area (Å²) in [7, 11) is -9.90. The van der Waals surface area contributed by atoms with Crippen LogP contribution >= 0.6 is 15.6 Å². The molecule has 0 saturated carbocycles. The Labute approximate surface area is 549 Å². The lowest BCUT2D eigenvalue weighted by atomic mass is 10.0. The zero-order chi connectivity index (χ0) is 66.8. The van der Waals surface area contributed by atoms with Crippen LogP contribution in [-0.2, 0) is 65.4 Å². The molecule has 0 aliphatic heterocycles. The van der Waals surface area contributed by atoms with Crippen LogP contribution in [0.25, 0.3) is 0 Å². The lowest BCUT2D eigenvalue weighted by Gasteiger charge is -2.21. The Hall–Kier alpha value is -1.94. The third-order valence-corrected chi connectivity index (χ3v) is 18.2. The number of aliphatic hydroxyl groups excluding tert-OH is 1. The SMILES string of the molecule is CC(C)CCCCCCCCCCCCCCCCCC(=O)O[C@H](COC(=O)CCCCCCCCCC(C)C)COP(=O)(O)OCC(O)COP(=O)(O)OC[C@@H](COC(=O)CCCCCCCCC(C)C)OC(=O)CCCCCCCCCCCCC(C)C. The van der Waals surface area contributed by atoms with Crippen LogP contribution in [0.4, 0.5) is 0 Å². The molecule has 5 atom stereocenters. The van der Waals surface area contributed by atoms with Crippen molar-refractivity contribution in [3.63, 3.8) is 0 Å². The second-order valence-corrected chi connectivity index (χ2v) is 30.4. The molecule has 0 rings (SSSR count). The number of phosphoric ester groups is 2. The van der Waals surface area contributed by atoms with E-state index < -0.39 is 97.5 Å². The van der Waals surface area contributed by atoms with Crippen LogP contribution in [-0.4, -0.2) is 96.7 Å². The van der Waals surface area contributed by atoms with Gasteiger partial charge in [0.1, 0.15) is 19.3 Å². The van der Waals surface area contributed by atoms with E-state index in [9.17, 15) is 43.2 Å². The van der Waals surface area contributed by atoms with E-state index in [0.29, 0.717) is 37.5 Å². The summed E-state index contributed by atoms with van der Waals surface area (Å²) in [6, 6.07) is 0. The standard InChI is InChI=1S/C71H138O17P2/c1-61(2)47-39-31-23-18-14-12-10-9-11-13-15-20-26-37-45-53-70(75)87-66(57-81-68(73)51-43-35-28-22-25-33-41-49-63(5)6)59-85-89(77,78)83-55-65(72)56-84-90(79,80)86-60-67(58-82-69(74)52-44-36-30-29-34-42-50-64(7)8)88-71(76)54-46-38-27-21-17-16-19-24-32-40-48-62(3)4/h61-67,72H,9-60H2,1-8H3,(H,77,78)(H,79,80)/t65?,66-,67-/m1/s1. The molecule has 0 bridgehead atoms. The van der Waals surface area contributed by atoms with Crippen LogP contribution < -0.4 is 0 Å². The Morgan fingerprint density at radius 1 is 0.278 bits per heavy atom. The fourth-order valence-corrected chi connectivity index (χ4v) is 12.2. The number of aliphatic hydroxyl groups is 1. The third-order valence-electron chi connectivity index (χ3n) is 16.3. The molecule has 0 fully saturated rings. The van der Waals surface area contributed by atoms with Crippen molar-refractivity contribution in [2.45, 2.75) is 369 Å². The summed E-state index contributed by atoms with van der Waals surface area (Å²) in [5, 5.41) is 10.6. The van der Waals surface area contributed by atoms with Gasteiger partial charge in [-0.3, -0.25) is 37.3 Å². The van der Waals surface area contributed by atoms with Crippen molar-refractivity contribution in [1.29, 1.82) is 0 Å². The van der Waals surface area contributed by atoms with E-state index in [-0.39, 0.29) is 25.7 Å². The van der Waals surface area contributed by atoms with Crippen molar-refractivity contribution in [2.75, 3.05) is 39.6 Å². The van der Waals surface area contributed by atoms with E-state index in [0.717, 1.165) is 115 Å². The van der Waals surface area contributed by atoms with E-state index in [1.54, 1.807) is 0 Å². The third kappa shape index (κ3) is 64.8. The number of esters is 4. The number of unbranched alkanes of at least 4 members (excludes halogenated alkanes) is 34. The molecule has 0 saturated heterocycles. The summed E-state index contributed by atoms with van der Waals surface area (Å²) >= 11 is 0. The molecule has 0 spiro atoms. The van der Waals surface area contributed by atoms with Crippen molar-refractivity contribution in [3.05, 3.63) is 0 Å². The Morgan fingerprint density at radius 3 is 0.689 bits per heavy atom. The lowest BCUT2D eigenvalue weighted by Crippen LogP contribution is -2.30. The Bertz CT molecular complexity index is 1780. The Kier molecular flexibility index (Phi) is 59.4. The molecular formula is C71H138O17P2. The van der Waals surface area contributed by atoms with Crippen LogP contribution in [0.3, 0.4) is 0 Å². The Balaban J connectivity index is 5.21. The van der Waals surface area contributed by atoms with E-state index in [4.69, 9.17) is 37.0 Å². The summed E-state index contributed by atoms with van der Waals surface area (Å²) in [5.74, 6) is 0.808. The first-order valence-electron chi connectivity index (χ1n) is 36.7. The van der Waals surface area contributed by atoms with Crippen LogP contribution in [0.5, 0.6) is 0 Å². The minimum absolute atomic E-state index is 0.104. The number of hydrogen-bond donors (Lipinski definition) is 3. The maximum atomic E-state index is 13.0. The van der Waals surface area contributed by atoms with Gasteiger partial charge < -0.3 is 33.8 Å². The van der Waals surface area contributed by atoms with Gasteiger partial charge in [-0.15, -0.1) is 0 Å². The molecule has 17 nitrogen and oxygen atoms in total. The number of hydrogen-bond acceptors (Lipinski definition) is 15. The van der Waals surface area contributed by atoms with Gasteiger partial charge in [-0.2, -0.15) is 0 Å². The number of phosphoric acid groups is 2. The molecule has 0 aromatic rings. The lowest BCUT2D eigenvalue weighted by molar-refractivity contribution is -0.161. The molecule has 0 heterocycles. The maximum absolute atomic E-state index is 13.0. The van der Waals surface area contributed by atoms with Crippen LogP contribution in [0.2, 0.25) is 0 Å².